The smallest absolute Gasteiger partial charge is 0.326 e. The zero-order valence-electron chi connectivity index (χ0n) is 15.1. The standard InChI is InChI=1S/C19H16FN7O2/c20-12-3-1-2-4-13(12)23-15-8-16(22-11-5-6-11)27-17(25-15)10(9-21-27)7-14-18(28)26-19(29)24-14/h1-4,7-9,11,23,28H,5-6H2,(H2,24,26,29)/b10-7+,22-16?. The number of aromatic nitrogens is 5. The lowest BCUT2D eigenvalue weighted by molar-refractivity contribution is 0.454. The molecule has 1 aliphatic rings. The molecular formula is C19H16FN7O2. The topological polar surface area (TPSA) is 123 Å². The van der Waals surface area contributed by atoms with Crippen molar-refractivity contribution in [3.63, 3.8) is 0 Å². The minimum atomic E-state index is -0.524. The highest BCUT2D eigenvalue weighted by Crippen LogP contribution is 2.23. The van der Waals surface area contributed by atoms with Crippen molar-refractivity contribution in [2.45, 2.75) is 18.9 Å². The van der Waals surface area contributed by atoms with Crippen LogP contribution in [-0.2, 0) is 0 Å². The van der Waals surface area contributed by atoms with E-state index in [9.17, 15) is 14.3 Å². The van der Waals surface area contributed by atoms with Crippen LogP contribution in [0.15, 0.2) is 46.3 Å². The third-order valence-corrected chi connectivity index (χ3v) is 4.51. The summed E-state index contributed by atoms with van der Waals surface area (Å²) in [5, 5.41) is 17.7. The minimum absolute atomic E-state index is 0.208. The maximum Gasteiger partial charge on any atom is 0.326 e. The number of anilines is 2. The zero-order chi connectivity index (χ0) is 20.0. The normalized spacial score (nSPS) is 15.3. The summed E-state index contributed by atoms with van der Waals surface area (Å²) in [6, 6.07) is 8.26. The molecule has 10 heteroatoms. The highest BCUT2D eigenvalue weighted by Gasteiger charge is 2.20. The van der Waals surface area contributed by atoms with Gasteiger partial charge in [0.2, 0.25) is 5.88 Å². The molecule has 0 spiro atoms. The molecule has 5 rings (SSSR count). The predicted octanol–water partition coefficient (Wildman–Crippen LogP) is 0.945. The van der Waals surface area contributed by atoms with Gasteiger partial charge in [0, 0.05) is 11.3 Å². The molecule has 0 aliphatic heterocycles. The van der Waals surface area contributed by atoms with Gasteiger partial charge in [-0.2, -0.15) is 9.61 Å². The van der Waals surface area contributed by atoms with Crippen LogP contribution in [0, 0.1) is 5.82 Å². The Morgan fingerprint density at radius 3 is 2.86 bits per heavy atom. The van der Waals surface area contributed by atoms with Gasteiger partial charge in [0.1, 0.15) is 17.3 Å². The van der Waals surface area contributed by atoms with Crippen molar-refractivity contribution in [2.24, 2.45) is 4.99 Å². The number of aromatic hydroxyl groups is 1. The Balaban J connectivity index is 1.70. The van der Waals surface area contributed by atoms with Gasteiger partial charge in [-0.3, -0.25) is 9.98 Å². The van der Waals surface area contributed by atoms with Crippen LogP contribution in [0.1, 0.15) is 18.5 Å². The van der Waals surface area contributed by atoms with Crippen LogP contribution >= 0.6 is 0 Å². The first-order chi connectivity index (χ1) is 14.1. The van der Waals surface area contributed by atoms with Crippen molar-refractivity contribution in [2.75, 3.05) is 5.32 Å². The summed E-state index contributed by atoms with van der Waals surface area (Å²) < 4.78 is 15.6. The molecule has 3 aromatic heterocycles. The summed E-state index contributed by atoms with van der Waals surface area (Å²) in [6.45, 7) is 0. The molecule has 0 saturated heterocycles. The summed E-state index contributed by atoms with van der Waals surface area (Å²) in [7, 11) is 0. The van der Waals surface area contributed by atoms with E-state index in [2.05, 4.69) is 30.4 Å². The zero-order valence-corrected chi connectivity index (χ0v) is 15.1. The Morgan fingerprint density at radius 2 is 2.14 bits per heavy atom. The Kier molecular flexibility index (Phi) is 3.90. The monoisotopic (exact) mass is 393 g/mol. The number of benzene rings is 1. The molecule has 0 unspecified atom stereocenters. The molecular weight excluding hydrogens is 377 g/mol. The van der Waals surface area contributed by atoms with Gasteiger partial charge in [0.05, 0.1) is 17.9 Å². The third-order valence-electron chi connectivity index (χ3n) is 4.51. The highest BCUT2D eigenvalue weighted by atomic mass is 19.1. The van der Waals surface area contributed by atoms with Crippen LogP contribution in [0.4, 0.5) is 15.9 Å². The molecule has 1 aliphatic carbocycles. The van der Waals surface area contributed by atoms with E-state index in [1.54, 1.807) is 41.1 Å². The fourth-order valence-electron chi connectivity index (χ4n) is 2.96. The predicted molar refractivity (Wildman–Crippen MR) is 103 cm³/mol. The quantitative estimate of drug-likeness (QED) is 0.411. The Bertz CT molecular complexity index is 1400. The molecule has 0 atom stereocenters. The second-order valence-electron chi connectivity index (χ2n) is 6.79. The summed E-state index contributed by atoms with van der Waals surface area (Å²) >= 11 is 0. The van der Waals surface area contributed by atoms with Crippen LogP contribution < -0.4 is 21.7 Å². The summed E-state index contributed by atoms with van der Waals surface area (Å²) in [6.07, 6.45) is 5.14. The maximum atomic E-state index is 14.1. The molecule has 3 heterocycles. The third kappa shape index (κ3) is 3.35. The van der Waals surface area contributed by atoms with Crippen molar-refractivity contribution < 1.29 is 9.50 Å². The van der Waals surface area contributed by atoms with E-state index >= 15 is 0 Å². The highest BCUT2D eigenvalue weighted by molar-refractivity contribution is 5.61. The van der Waals surface area contributed by atoms with Crippen LogP contribution in [0.5, 0.6) is 5.88 Å². The number of hydrogen-bond donors (Lipinski definition) is 4. The van der Waals surface area contributed by atoms with Crippen molar-refractivity contribution in [3.8, 4) is 5.88 Å². The average Bonchev–Trinajstić information content (AvgIpc) is 3.33. The van der Waals surface area contributed by atoms with Gasteiger partial charge in [-0.1, -0.05) is 12.1 Å². The van der Waals surface area contributed by atoms with E-state index in [-0.39, 0.29) is 17.6 Å². The second-order valence-corrected chi connectivity index (χ2v) is 6.79. The fraction of sp³-hybridized carbons (Fsp3) is 0.158. The van der Waals surface area contributed by atoms with Gasteiger partial charge in [0.15, 0.2) is 11.1 Å². The molecule has 1 fully saturated rings. The first-order valence-corrected chi connectivity index (χ1v) is 9.04. The Morgan fingerprint density at radius 1 is 1.31 bits per heavy atom. The van der Waals surface area contributed by atoms with E-state index < -0.39 is 11.5 Å². The van der Waals surface area contributed by atoms with Crippen molar-refractivity contribution in [1.82, 2.24) is 24.6 Å². The van der Waals surface area contributed by atoms with E-state index in [1.807, 2.05) is 0 Å². The fourth-order valence-corrected chi connectivity index (χ4v) is 2.96. The number of imidazole rings is 1. The molecule has 9 nitrogen and oxygen atoms in total. The van der Waals surface area contributed by atoms with E-state index in [4.69, 9.17) is 0 Å². The maximum absolute atomic E-state index is 14.1. The number of nitrogens with one attached hydrogen (secondary N) is 3. The molecule has 0 bridgehead atoms. The summed E-state index contributed by atoms with van der Waals surface area (Å²) in [5.74, 6) is -0.271. The van der Waals surface area contributed by atoms with Crippen molar-refractivity contribution in [3.05, 3.63) is 69.2 Å². The SMILES string of the molecule is O=c1[nH]c(O)c(/C=c2\cnn3c(=NC4CC4)cc(Nc4ccccc4F)nc23)[nH]1. The van der Waals surface area contributed by atoms with E-state index in [1.165, 1.54) is 6.07 Å². The molecule has 146 valence electrons. The lowest BCUT2D eigenvalue weighted by Crippen LogP contribution is -2.20. The molecule has 4 N–H and O–H groups in total. The van der Waals surface area contributed by atoms with Crippen LogP contribution in [0.3, 0.4) is 0 Å². The van der Waals surface area contributed by atoms with Crippen LogP contribution in [-0.4, -0.2) is 35.7 Å². The number of hydrogen-bond acceptors (Lipinski definition) is 6. The molecule has 29 heavy (non-hydrogen) atoms. The lowest BCUT2D eigenvalue weighted by Gasteiger charge is -2.07. The van der Waals surface area contributed by atoms with E-state index in [0.717, 1.165) is 12.8 Å². The van der Waals surface area contributed by atoms with Gasteiger partial charge in [-0.25, -0.2) is 14.2 Å². The van der Waals surface area contributed by atoms with Crippen LogP contribution in [0.2, 0.25) is 0 Å². The number of H-pyrrole nitrogens is 2. The first-order valence-electron chi connectivity index (χ1n) is 9.04. The first kappa shape index (κ1) is 17.2. The number of rotatable bonds is 4. The largest absolute Gasteiger partial charge is 0.493 e. The summed E-state index contributed by atoms with van der Waals surface area (Å²) in [4.78, 5) is 25.3. The van der Waals surface area contributed by atoms with Crippen molar-refractivity contribution in [1.29, 1.82) is 0 Å². The second kappa shape index (κ2) is 6.59. The van der Waals surface area contributed by atoms with E-state index in [0.29, 0.717) is 27.9 Å². The van der Waals surface area contributed by atoms with Crippen molar-refractivity contribution >= 4 is 23.2 Å². The lowest BCUT2D eigenvalue weighted by atomic mass is 10.3. The number of para-hydroxylation sites is 1. The minimum Gasteiger partial charge on any atom is -0.493 e. The molecule has 4 aromatic rings. The number of aromatic amines is 2. The summed E-state index contributed by atoms with van der Waals surface area (Å²) in [5.41, 5.74) is 1.01. The van der Waals surface area contributed by atoms with Gasteiger partial charge in [-0.15, -0.1) is 0 Å². The molecule has 1 saturated carbocycles. The number of fused-ring (bicyclic) bond motifs is 1. The molecule has 0 radical (unpaired) electrons. The Labute approximate surface area is 162 Å². The number of halogens is 1. The molecule has 0 amide bonds. The van der Waals surface area contributed by atoms with Crippen LogP contribution in [0.25, 0.3) is 11.7 Å². The van der Waals surface area contributed by atoms with Gasteiger partial charge in [-0.05, 0) is 31.1 Å². The molecule has 1 aromatic carbocycles. The number of nitrogens with zero attached hydrogens (tertiary/aromatic N) is 4. The van der Waals surface area contributed by atoms with Gasteiger partial charge < -0.3 is 15.4 Å². The Hall–Kier alpha value is -3.95. The van der Waals surface area contributed by atoms with Gasteiger partial charge >= 0.3 is 5.69 Å². The van der Waals surface area contributed by atoms with Gasteiger partial charge in [0.25, 0.3) is 0 Å². The average molecular weight is 393 g/mol.